The topological polar surface area (TPSA) is 76.8 Å². The van der Waals surface area contributed by atoms with E-state index in [9.17, 15) is 13.2 Å². The van der Waals surface area contributed by atoms with Crippen LogP contribution in [-0.2, 0) is 21.2 Å². The van der Waals surface area contributed by atoms with Crippen molar-refractivity contribution in [3.8, 4) is 5.75 Å². The zero-order valence-electron chi connectivity index (χ0n) is 16.9. The first-order chi connectivity index (χ1) is 13.6. The molecule has 3 rings (SSSR count). The molecule has 1 amide bonds. The van der Waals surface area contributed by atoms with Gasteiger partial charge in [-0.1, -0.05) is 26.0 Å². The average Bonchev–Trinajstić information content (AvgIpc) is 3.22. The summed E-state index contributed by atoms with van der Waals surface area (Å²) in [5.74, 6) is 1.36. The summed E-state index contributed by atoms with van der Waals surface area (Å²) >= 11 is 3.26. The van der Waals surface area contributed by atoms with Crippen LogP contribution in [0.5, 0.6) is 5.75 Å². The van der Waals surface area contributed by atoms with Gasteiger partial charge in [-0.25, -0.2) is 8.42 Å². The van der Waals surface area contributed by atoms with Gasteiger partial charge < -0.3 is 14.1 Å². The Morgan fingerprint density at radius 1 is 1.31 bits per heavy atom. The summed E-state index contributed by atoms with van der Waals surface area (Å²) in [7, 11) is -3.13. The standard InChI is InChI=1S/C21H26BrNO5S/c1-14(2)18-6-4-15(3)10-19(18)27-12-21(24)23(11-17-5-7-20(22)28-17)16-8-9-29(25,26)13-16/h4-7,10,14,16H,8-9,11-13H2,1-3H3. The van der Waals surface area contributed by atoms with Gasteiger partial charge in [0.1, 0.15) is 11.5 Å². The Balaban J connectivity index is 1.77. The number of carbonyl (C=O) groups is 1. The first kappa shape index (κ1) is 21.9. The lowest BCUT2D eigenvalue weighted by Crippen LogP contribution is -2.43. The zero-order valence-corrected chi connectivity index (χ0v) is 19.3. The molecule has 0 saturated carbocycles. The Kier molecular flexibility index (Phi) is 6.73. The fraction of sp³-hybridized carbons (Fsp3) is 0.476. The van der Waals surface area contributed by atoms with Gasteiger partial charge in [0.15, 0.2) is 21.1 Å². The smallest absolute Gasteiger partial charge is 0.261 e. The van der Waals surface area contributed by atoms with Crippen LogP contribution in [0.25, 0.3) is 0 Å². The molecular weight excluding hydrogens is 458 g/mol. The van der Waals surface area contributed by atoms with Crippen LogP contribution in [0.1, 0.15) is 43.1 Å². The second-order valence-corrected chi connectivity index (χ2v) is 10.8. The SMILES string of the molecule is Cc1ccc(C(C)C)c(OCC(=O)N(Cc2ccc(Br)o2)C2CCS(=O)(=O)C2)c1. The molecule has 1 aliphatic rings. The van der Waals surface area contributed by atoms with E-state index in [0.29, 0.717) is 22.6 Å². The lowest BCUT2D eigenvalue weighted by atomic mass is 10.0. The Bertz CT molecular complexity index is 983. The van der Waals surface area contributed by atoms with E-state index in [0.717, 1.165) is 11.1 Å². The summed E-state index contributed by atoms with van der Waals surface area (Å²) in [5.41, 5.74) is 2.09. The normalized spacial score (nSPS) is 18.2. The van der Waals surface area contributed by atoms with Gasteiger partial charge in [0.2, 0.25) is 0 Å². The Hall–Kier alpha value is -1.80. The van der Waals surface area contributed by atoms with Gasteiger partial charge in [-0.3, -0.25) is 4.79 Å². The van der Waals surface area contributed by atoms with Gasteiger partial charge >= 0.3 is 0 Å². The molecule has 1 saturated heterocycles. The minimum atomic E-state index is -3.13. The van der Waals surface area contributed by atoms with Gasteiger partial charge in [-0.15, -0.1) is 0 Å². The number of rotatable bonds is 7. The summed E-state index contributed by atoms with van der Waals surface area (Å²) in [5, 5.41) is 0. The van der Waals surface area contributed by atoms with Crippen molar-refractivity contribution in [3.05, 3.63) is 51.9 Å². The minimum Gasteiger partial charge on any atom is -0.483 e. The number of amides is 1. The number of hydrogen-bond donors (Lipinski definition) is 0. The van der Waals surface area contributed by atoms with E-state index in [4.69, 9.17) is 9.15 Å². The van der Waals surface area contributed by atoms with Gasteiger partial charge in [-0.05, 0) is 64.5 Å². The van der Waals surface area contributed by atoms with Crippen molar-refractivity contribution in [2.45, 2.75) is 45.7 Å². The lowest BCUT2D eigenvalue weighted by molar-refractivity contribution is -0.136. The third-order valence-electron chi connectivity index (χ3n) is 5.07. The number of sulfone groups is 1. The molecule has 29 heavy (non-hydrogen) atoms. The van der Waals surface area contributed by atoms with Crippen LogP contribution in [0.2, 0.25) is 0 Å². The third-order valence-corrected chi connectivity index (χ3v) is 7.24. The van der Waals surface area contributed by atoms with Gasteiger partial charge in [0.05, 0.1) is 18.1 Å². The molecule has 1 aromatic carbocycles. The van der Waals surface area contributed by atoms with Crippen molar-refractivity contribution in [2.75, 3.05) is 18.1 Å². The predicted octanol–water partition coefficient (Wildman–Crippen LogP) is 4.07. The number of benzene rings is 1. The second kappa shape index (κ2) is 8.92. The molecule has 2 heterocycles. The van der Waals surface area contributed by atoms with Crippen LogP contribution in [0.15, 0.2) is 39.4 Å². The quantitative estimate of drug-likeness (QED) is 0.592. The molecule has 8 heteroatoms. The first-order valence-electron chi connectivity index (χ1n) is 9.62. The van der Waals surface area contributed by atoms with E-state index < -0.39 is 9.84 Å². The molecule has 0 spiro atoms. The van der Waals surface area contributed by atoms with Crippen molar-refractivity contribution in [3.63, 3.8) is 0 Å². The van der Waals surface area contributed by atoms with Crippen molar-refractivity contribution in [1.29, 1.82) is 0 Å². The van der Waals surface area contributed by atoms with Crippen molar-refractivity contribution < 1.29 is 22.4 Å². The fourth-order valence-corrected chi connectivity index (χ4v) is 5.58. The van der Waals surface area contributed by atoms with Crippen LogP contribution in [-0.4, -0.2) is 43.4 Å². The third kappa shape index (κ3) is 5.63. The number of furan rings is 1. The fourth-order valence-electron chi connectivity index (χ4n) is 3.51. The van der Waals surface area contributed by atoms with E-state index in [1.54, 1.807) is 17.0 Å². The number of hydrogen-bond acceptors (Lipinski definition) is 5. The minimum absolute atomic E-state index is 0.0255. The number of ether oxygens (including phenoxy) is 1. The van der Waals surface area contributed by atoms with E-state index in [1.165, 1.54) is 0 Å². The first-order valence-corrected chi connectivity index (χ1v) is 12.2. The molecule has 0 aliphatic carbocycles. The largest absolute Gasteiger partial charge is 0.483 e. The van der Waals surface area contributed by atoms with E-state index in [-0.39, 0.29) is 42.5 Å². The number of nitrogens with zero attached hydrogens (tertiary/aromatic N) is 1. The number of halogens is 1. The lowest BCUT2D eigenvalue weighted by Gasteiger charge is -2.27. The molecule has 0 N–H and O–H groups in total. The predicted molar refractivity (Wildman–Crippen MR) is 115 cm³/mol. The summed E-state index contributed by atoms with van der Waals surface area (Å²) in [6, 6.07) is 9.11. The van der Waals surface area contributed by atoms with Crippen LogP contribution in [0, 0.1) is 6.92 Å². The van der Waals surface area contributed by atoms with Crippen molar-refractivity contribution >= 4 is 31.7 Å². The Morgan fingerprint density at radius 2 is 2.07 bits per heavy atom. The molecule has 0 radical (unpaired) electrons. The highest BCUT2D eigenvalue weighted by Gasteiger charge is 2.35. The van der Waals surface area contributed by atoms with Crippen molar-refractivity contribution in [1.82, 2.24) is 4.90 Å². The average molecular weight is 484 g/mol. The molecule has 158 valence electrons. The monoisotopic (exact) mass is 483 g/mol. The molecule has 6 nitrogen and oxygen atoms in total. The maximum atomic E-state index is 13.0. The van der Waals surface area contributed by atoms with Gasteiger partial charge in [0, 0.05) is 6.04 Å². The summed E-state index contributed by atoms with van der Waals surface area (Å²) in [6.45, 7) is 6.18. The molecule has 1 aromatic heterocycles. The molecule has 1 unspecified atom stereocenters. The summed E-state index contributed by atoms with van der Waals surface area (Å²) < 4.78 is 35.9. The van der Waals surface area contributed by atoms with E-state index in [1.807, 2.05) is 25.1 Å². The molecule has 1 atom stereocenters. The molecule has 1 aliphatic heterocycles. The Labute approximate surface area is 180 Å². The second-order valence-electron chi connectivity index (χ2n) is 7.77. The number of carbonyl (C=O) groups excluding carboxylic acids is 1. The van der Waals surface area contributed by atoms with Crippen LogP contribution < -0.4 is 4.74 Å². The van der Waals surface area contributed by atoms with Crippen LogP contribution in [0.3, 0.4) is 0 Å². The summed E-state index contributed by atoms with van der Waals surface area (Å²) in [6.07, 6.45) is 0.428. The van der Waals surface area contributed by atoms with Crippen LogP contribution >= 0.6 is 15.9 Å². The van der Waals surface area contributed by atoms with E-state index >= 15 is 0 Å². The molecular formula is C21H26BrNO5S. The molecule has 0 bridgehead atoms. The Morgan fingerprint density at radius 3 is 2.66 bits per heavy atom. The van der Waals surface area contributed by atoms with Gasteiger partial charge in [0.25, 0.3) is 5.91 Å². The highest BCUT2D eigenvalue weighted by atomic mass is 79.9. The summed E-state index contributed by atoms with van der Waals surface area (Å²) in [4.78, 5) is 14.6. The highest BCUT2D eigenvalue weighted by molar-refractivity contribution is 9.10. The maximum Gasteiger partial charge on any atom is 0.261 e. The van der Waals surface area contributed by atoms with E-state index in [2.05, 4.69) is 29.8 Å². The molecule has 1 fully saturated rings. The van der Waals surface area contributed by atoms with Crippen molar-refractivity contribution in [2.24, 2.45) is 0 Å². The highest BCUT2D eigenvalue weighted by Crippen LogP contribution is 2.28. The van der Waals surface area contributed by atoms with Crippen LogP contribution in [0.4, 0.5) is 0 Å². The molecule has 2 aromatic rings. The number of aryl methyl sites for hydroxylation is 1. The maximum absolute atomic E-state index is 13.0. The van der Waals surface area contributed by atoms with Gasteiger partial charge in [-0.2, -0.15) is 0 Å². The zero-order chi connectivity index (χ0) is 21.2.